The SMILES string of the molecule is OCC1(CNc2nc(-c3ccccc3)c3ccccc3n2)COC1. The molecule has 0 amide bonds. The van der Waals surface area contributed by atoms with E-state index in [1.807, 2.05) is 54.6 Å². The maximum absolute atomic E-state index is 9.56. The number of aromatic nitrogens is 2. The van der Waals surface area contributed by atoms with Crippen molar-refractivity contribution in [1.29, 1.82) is 0 Å². The van der Waals surface area contributed by atoms with Gasteiger partial charge in [-0.2, -0.15) is 0 Å². The van der Waals surface area contributed by atoms with E-state index in [0.717, 1.165) is 22.2 Å². The Hall–Kier alpha value is -2.50. The summed E-state index contributed by atoms with van der Waals surface area (Å²) < 4.78 is 5.24. The van der Waals surface area contributed by atoms with Gasteiger partial charge in [-0.1, -0.05) is 48.5 Å². The third-order valence-corrected chi connectivity index (χ3v) is 4.42. The maximum atomic E-state index is 9.56. The van der Waals surface area contributed by atoms with Crippen LogP contribution in [0, 0.1) is 5.41 Å². The number of aliphatic hydroxyl groups is 1. The van der Waals surface area contributed by atoms with E-state index in [0.29, 0.717) is 25.7 Å². The van der Waals surface area contributed by atoms with Gasteiger partial charge in [-0.25, -0.2) is 9.97 Å². The fourth-order valence-corrected chi connectivity index (χ4v) is 2.88. The number of fused-ring (bicyclic) bond motifs is 1. The molecule has 24 heavy (non-hydrogen) atoms. The molecule has 0 atom stereocenters. The number of anilines is 1. The molecular weight excluding hydrogens is 302 g/mol. The third-order valence-electron chi connectivity index (χ3n) is 4.42. The number of nitrogens with one attached hydrogen (secondary N) is 1. The molecule has 0 saturated carbocycles. The number of aliphatic hydroxyl groups excluding tert-OH is 1. The topological polar surface area (TPSA) is 67.3 Å². The molecule has 5 heteroatoms. The Balaban J connectivity index is 1.72. The molecule has 1 aliphatic heterocycles. The van der Waals surface area contributed by atoms with E-state index in [2.05, 4.69) is 10.3 Å². The van der Waals surface area contributed by atoms with E-state index in [1.54, 1.807) is 0 Å². The van der Waals surface area contributed by atoms with E-state index >= 15 is 0 Å². The zero-order valence-electron chi connectivity index (χ0n) is 13.3. The summed E-state index contributed by atoms with van der Waals surface area (Å²) in [5, 5.41) is 13.9. The molecule has 0 spiro atoms. The highest BCUT2D eigenvalue weighted by molar-refractivity contribution is 5.93. The van der Waals surface area contributed by atoms with Crippen LogP contribution in [0.5, 0.6) is 0 Å². The molecule has 0 radical (unpaired) electrons. The second-order valence-corrected chi connectivity index (χ2v) is 6.28. The third kappa shape index (κ3) is 2.72. The van der Waals surface area contributed by atoms with Crippen molar-refractivity contribution in [3.05, 3.63) is 54.6 Å². The highest BCUT2D eigenvalue weighted by atomic mass is 16.5. The molecule has 1 aliphatic rings. The molecule has 2 N–H and O–H groups in total. The lowest BCUT2D eigenvalue weighted by atomic mass is 9.87. The molecule has 0 aliphatic carbocycles. The Labute approximate surface area is 140 Å². The predicted octanol–water partition coefficient (Wildman–Crippen LogP) is 2.72. The Kier molecular flexibility index (Phi) is 3.88. The summed E-state index contributed by atoms with van der Waals surface area (Å²) in [4.78, 5) is 9.33. The van der Waals surface area contributed by atoms with Crippen LogP contribution in [0.4, 0.5) is 5.95 Å². The van der Waals surface area contributed by atoms with Crippen molar-refractivity contribution in [1.82, 2.24) is 9.97 Å². The minimum Gasteiger partial charge on any atom is -0.396 e. The molecule has 0 bridgehead atoms. The first-order valence-electron chi connectivity index (χ1n) is 8.04. The number of rotatable bonds is 5. The first kappa shape index (κ1) is 15.1. The average molecular weight is 321 g/mol. The number of hydrogen-bond donors (Lipinski definition) is 2. The van der Waals surface area contributed by atoms with E-state index in [9.17, 15) is 5.11 Å². The quantitative estimate of drug-likeness (QED) is 0.756. The molecule has 3 aromatic rings. The average Bonchev–Trinajstić information content (AvgIpc) is 2.61. The van der Waals surface area contributed by atoms with Crippen molar-refractivity contribution in [2.75, 3.05) is 31.7 Å². The Morgan fingerprint density at radius 2 is 1.75 bits per heavy atom. The molecule has 1 saturated heterocycles. The second kappa shape index (κ2) is 6.19. The smallest absolute Gasteiger partial charge is 0.223 e. The van der Waals surface area contributed by atoms with Gasteiger partial charge >= 0.3 is 0 Å². The van der Waals surface area contributed by atoms with Crippen molar-refractivity contribution in [3.8, 4) is 11.3 Å². The predicted molar refractivity (Wildman–Crippen MR) is 93.8 cm³/mol. The van der Waals surface area contributed by atoms with Crippen molar-refractivity contribution in [2.24, 2.45) is 5.41 Å². The normalized spacial score (nSPS) is 15.9. The van der Waals surface area contributed by atoms with E-state index in [1.165, 1.54) is 0 Å². The standard InChI is InChI=1S/C19H19N3O2/c23-11-19(12-24-13-19)10-20-18-21-16-9-5-4-8-15(16)17(22-18)14-6-2-1-3-7-14/h1-9,23H,10-13H2,(H,20,21,22). The number of ether oxygens (including phenoxy) is 1. The van der Waals surface area contributed by atoms with Crippen LogP contribution >= 0.6 is 0 Å². The largest absolute Gasteiger partial charge is 0.396 e. The lowest BCUT2D eigenvalue weighted by Crippen LogP contribution is -2.50. The fraction of sp³-hybridized carbons (Fsp3) is 0.263. The molecule has 2 heterocycles. The molecule has 5 nitrogen and oxygen atoms in total. The van der Waals surface area contributed by atoms with Crippen LogP contribution in [0.1, 0.15) is 0 Å². The minimum atomic E-state index is -0.220. The minimum absolute atomic E-state index is 0.0964. The Bertz CT molecular complexity index is 842. The molecule has 122 valence electrons. The first-order chi connectivity index (χ1) is 11.8. The van der Waals surface area contributed by atoms with Gasteiger partial charge in [0, 0.05) is 17.5 Å². The summed E-state index contributed by atoms with van der Waals surface area (Å²) in [5.74, 6) is 0.576. The summed E-state index contributed by atoms with van der Waals surface area (Å²) in [6.07, 6.45) is 0. The Morgan fingerprint density at radius 1 is 1.00 bits per heavy atom. The van der Waals surface area contributed by atoms with E-state index in [4.69, 9.17) is 9.72 Å². The summed E-state index contributed by atoms with van der Waals surface area (Å²) >= 11 is 0. The number of nitrogens with zero attached hydrogens (tertiary/aromatic N) is 2. The monoisotopic (exact) mass is 321 g/mol. The van der Waals surface area contributed by atoms with Gasteiger partial charge in [-0.15, -0.1) is 0 Å². The zero-order valence-corrected chi connectivity index (χ0v) is 13.3. The van der Waals surface area contributed by atoms with Gasteiger partial charge in [-0.05, 0) is 6.07 Å². The van der Waals surface area contributed by atoms with Crippen LogP contribution in [-0.4, -0.2) is 41.4 Å². The molecule has 4 rings (SSSR count). The Morgan fingerprint density at radius 3 is 2.46 bits per heavy atom. The van der Waals surface area contributed by atoms with Gasteiger partial charge in [0.05, 0.1) is 36.4 Å². The van der Waals surface area contributed by atoms with Gasteiger partial charge in [0.25, 0.3) is 0 Å². The highest BCUT2D eigenvalue weighted by Gasteiger charge is 2.38. The van der Waals surface area contributed by atoms with Crippen molar-refractivity contribution < 1.29 is 9.84 Å². The maximum Gasteiger partial charge on any atom is 0.223 e. The van der Waals surface area contributed by atoms with Crippen LogP contribution in [0.25, 0.3) is 22.2 Å². The van der Waals surface area contributed by atoms with Crippen molar-refractivity contribution in [3.63, 3.8) is 0 Å². The second-order valence-electron chi connectivity index (χ2n) is 6.28. The van der Waals surface area contributed by atoms with E-state index < -0.39 is 0 Å². The van der Waals surface area contributed by atoms with Gasteiger partial charge in [-0.3, -0.25) is 0 Å². The van der Waals surface area contributed by atoms with Crippen LogP contribution in [0.15, 0.2) is 54.6 Å². The first-order valence-corrected chi connectivity index (χ1v) is 8.04. The van der Waals surface area contributed by atoms with E-state index in [-0.39, 0.29) is 12.0 Å². The number of hydrogen-bond acceptors (Lipinski definition) is 5. The van der Waals surface area contributed by atoms with Gasteiger partial charge in [0.1, 0.15) is 0 Å². The molecular formula is C19H19N3O2. The van der Waals surface area contributed by atoms with Crippen LogP contribution < -0.4 is 5.32 Å². The summed E-state index contributed by atoms with van der Waals surface area (Å²) in [6, 6.07) is 18.1. The van der Waals surface area contributed by atoms with Crippen LogP contribution in [0.3, 0.4) is 0 Å². The lowest BCUT2D eigenvalue weighted by Gasteiger charge is -2.39. The fourth-order valence-electron chi connectivity index (χ4n) is 2.88. The number of para-hydroxylation sites is 1. The molecule has 1 aromatic heterocycles. The highest BCUT2D eigenvalue weighted by Crippen LogP contribution is 2.29. The van der Waals surface area contributed by atoms with Gasteiger partial charge < -0.3 is 15.2 Å². The van der Waals surface area contributed by atoms with Crippen LogP contribution in [0.2, 0.25) is 0 Å². The van der Waals surface area contributed by atoms with Gasteiger partial charge in [0.15, 0.2) is 0 Å². The molecule has 0 unspecified atom stereocenters. The van der Waals surface area contributed by atoms with Crippen molar-refractivity contribution >= 4 is 16.9 Å². The van der Waals surface area contributed by atoms with Crippen molar-refractivity contribution in [2.45, 2.75) is 0 Å². The summed E-state index contributed by atoms with van der Waals surface area (Å²) in [6.45, 7) is 1.82. The molecule has 1 fully saturated rings. The van der Waals surface area contributed by atoms with Gasteiger partial charge in [0.2, 0.25) is 5.95 Å². The van der Waals surface area contributed by atoms with Crippen LogP contribution in [-0.2, 0) is 4.74 Å². The summed E-state index contributed by atoms with van der Waals surface area (Å²) in [5.41, 5.74) is 2.65. The summed E-state index contributed by atoms with van der Waals surface area (Å²) in [7, 11) is 0. The number of benzene rings is 2. The zero-order chi connectivity index (χ0) is 16.4. The molecule has 2 aromatic carbocycles. The lowest BCUT2D eigenvalue weighted by molar-refractivity contribution is -0.128.